The maximum absolute atomic E-state index is 9.44. The molecule has 2 heterocycles. The molecule has 2 N–H and O–H groups in total. The van der Waals surface area contributed by atoms with Crippen LogP contribution in [0.5, 0.6) is 5.75 Å². The molecule has 0 amide bonds. The Labute approximate surface area is 150 Å². The summed E-state index contributed by atoms with van der Waals surface area (Å²) < 4.78 is 2.13. The summed E-state index contributed by atoms with van der Waals surface area (Å²) in [5.74, 6) is 0.881. The summed E-state index contributed by atoms with van der Waals surface area (Å²) in [6, 6.07) is 7.54. The van der Waals surface area contributed by atoms with Gasteiger partial charge in [0, 0.05) is 6.04 Å². The van der Waals surface area contributed by atoms with Crippen LogP contribution < -0.4 is 5.32 Å². The number of aromatic nitrogens is 4. The highest BCUT2D eigenvalue weighted by Crippen LogP contribution is 2.33. The van der Waals surface area contributed by atoms with Crippen LogP contribution in [-0.2, 0) is 0 Å². The Morgan fingerprint density at radius 1 is 1.20 bits per heavy atom. The Balaban J connectivity index is 1.68. The molecule has 1 aliphatic rings. The maximum Gasteiger partial charge on any atom is 0.226 e. The van der Waals surface area contributed by atoms with Crippen LogP contribution in [0.1, 0.15) is 50.3 Å². The molecule has 0 spiro atoms. The van der Waals surface area contributed by atoms with Gasteiger partial charge in [0.25, 0.3) is 0 Å². The van der Waals surface area contributed by atoms with Gasteiger partial charge in [0.2, 0.25) is 5.28 Å². The fourth-order valence-electron chi connectivity index (χ4n) is 3.49. The van der Waals surface area contributed by atoms with Gasteiger partial charge in [-0.2, -0.15) is 9.97 Å². The Morgan fingerprint density at radius 3 is 2.64 bits per heavy atom. The zero-order valence-corrected chi connectivity index (χ0v) is 14.7. The third-order valence-corrected chi connectivity index (χ3v) is 5.03. The van der Waals surface area contributed by atoms with E-state index in [-0.39, 0.29) is 17.1 Å². The van der Waals surface area contributed by atoms with Crippen molar-refractivity contribution in [3.8, 4) is 5.75 Å². The van der Waals surface area contributed by atoms with Crippen molar-refractivity contribution in [1.29, 1.82) is 0 Å². The highest BCUT2D eigenvalue weighted by molar-refractivity contribution is 6.28. The number of imidazole rings is 1. The predicted molar refractivity (Wildman–Crippen MR) is 98.0 cm³/mol. The zero-order valence-electron chi connectivity index (χ0n) is 14.0. The lowest BCUT2D eigenvalue weighted by Gasteiger charge is -2.16. The van der Waals surface area contributed by atoms with E-state index < -0.39 is 0 Å². The van der Waals surface area contributed by atoms with Gasteiger partial charge >= 0.3 is 0 Å². The largest absolute Gasteiger partial charge is 0.508 e. The Bertz CT molecular complexity index is 886. The third kappa shape index (κ3) is 3.14. The molecular weight excluding hydrogens is 338 g/mol. The number of hydrogen-bond donors (Lipinski definition) is 2. The number of rotatable bonds is 4. The van der Waals surface area contributed by atoms with E-state index in [0.29, 0.717) is 11.9 Å². The smallest absolute Gasteiger partial charge is 0.226 e. The number of fused-ring (bicyclic) bond motifs is 1. The van der Waals surface area contributed by atoms with Crippen molar-refractivity contribution in [3.63, 3.8) is 0 Å². The van der Waals surface area contributed by atoms with Crippen molar-refractivity contribution >= 4 is 28.6 Å². The molecule has 0 aliphatic heterocycles. The lowest BCUT2D eigenvalue weighted by molar-refractivity contribution is 0.475. The zero-order chi connectivity index (χ0) is 17.4. The average molecular weight is 358 g/mol. The lowest BCUT2D eigenvalue weighted by Crippen LogP contribution is -2.10. The summed E-state index contributed by atoms with van der Waals surface area (Å²) in [6.45, 7) is 2.03. The van der Waals surface area contributed by atoms with Crippen LogP contribution in [0.3, 0.4) is 0 Å². The van der Waals surface area contributed by atoms with Crippen molar-refractivity contribution in [2.24, 2.45) is 0 Å². The van der Waals surface area contributed by atoms with Crippen molar-refractivity contribution in [1.82, 2.24) is 19.5 Å². The summed E-state index contributed by atoms with van der Waals surface area (Å²) in [6.07, 6.45) is 6.64. The van der Waals surface area contributed by atoms with Crippen molar-refractivity contribution in [2.45, 2.75) is 44.7 Å². The first-order valence-electron chi connectivity index (χ1n) is 8.57. The standard InChI is InChI=1S/C18H20ClN5O/c1-11(12-6-8-14(25)9-7-12)21-16-15-17(23-18(19)22-16)24(10-20-15)13-4-2-3-5-13/h6-11,13,25H,2-5H2,1H3,(H,21,22,23). The topological polar surface area (TPSA) is 75.9 Å². The van der Waals surface area contributed by atoms with Crippen LogP contribution in [0.4, 0.5) is 5.82 Å². The Hall–Kier alpha value is -2.34. The molecule has 4 rings (SSSR count). The highest BCUT2D eigenvalue weighted by Gasteiger charge is 2.22. The molecular formula is C18H20ClN5O. The minimum absolute atomic E-state index is 0.00797. The molecule has 25 heavy (non-hydrogen) atoms. The summed E-state index contributed by atoms with van der Waals surface area (Å²) in [5, 5.41) is 13.0. The van der Waals surface area contributed by atoms with E-state index in [0.717, 1.165) is 29.6 Å². The van der Waals surface area contributed by atoms with Gasteiger partial charge in [-0.1, -0.05) is 25.0 Å². The normalized spacial score (nSPS) is 16.4. The number of hydrogen-bond acceptors (Lipinski definition) is 5. The van der Waals surface area contributed by atoms with Gasteiger partial charge < -0.3 is 15.0 Å². The van der Waals surface area contributed by atoms with Crippen LogP contribution in [-0.4, -0.2) is 24.6 Å². The van der Waals surface area contributed by atoms with Crippen LogP contribution in [0.25, 0.3) is 11.2 Å². The summed E-state index contributed by atoms with van der Waals surface area (Å²) in [4.78, 5) is 13.3. The number of anilines is 1. The quantitative estimate of drug-likeness (QED) is 0.673. The minimum Gasteiger partial charge on any atom is -0.508 e. The number of phenols is 1. The Kier molecular flexibility index (Phi) is 4.21. The number of benzene rings is 1. The first-order valence-corrected chi connectivity index (χ1v) is 8.95. The average Bonchev–Trinajstić information content (AvgIpc) is 3.24. The van der Waals surface area contributed by atoms with Crippen LogP contribution in [0, 0.1) is 0 Å². The Morgan fingerprint density at radius 2 is 1.92 bits per heavy atom. The fourth-order valence-corrected chi connectivity index (χ4v) is 3.66. The van der Waals surface area contributed by atoms with Crippen molar-refractivity contribution in [2.75, 3.05) is 5.32 Å². The van der Waals surface area contributed by atoms with Gasteiger partial charge in [-0.25, -0.2) is 4.98 Å². The molecule has 2 aromatic heterocycles. The summed E-state index contributed by atoms with van der Waals surface area (Å²) in [5.41, 5.74) is 2.56. The molecule has 0 saturated heterocycles. The maximum atomic E-state index is 9.44. The van der Waals surface area contributed by atoms with E-state index in [1.54, 1.807) is 12.1 Å². The molecule has 1 atom stereocenters. The molecule has 1 unspecified atom stereocenters. The van der Waals surface area contributed by atoms with Crippen molar-refractivity contribution < 1.29 is 5.11 Å². The monoisotopic (exact) mass is 357 g/mol. The predicted octanol–water partition coefficient (Wildman–Crippen LogP) is 4.47. The van der Waals surface area contributed by atoms with E-state index in [1.807, 2.05) is 25.4 Å². The summed E-state index contributed by atoms with van der Waals surface area (Å²) >= 11 is 6.17. The molecule has 7 heteroatoms. The molecule has 6 nitrogen and oxygen atoms in total. The number of nitrogens with zero attached hydrogens (tertiary/aromatic N) is 4. The van der Waals surface area contributed by atoms with E-state index in [4.69, 9.17) is 11.6 Å². The molecule has 130 valence electrons. The first-order chi connectivity index (χ1) is 12.1. The number of aromatic hydroxyl groups is 1. The van der Waals surface area contributed by atoms with Crippen LogP contribution in [0.2, 0.25) is 5.28 Å². The molecule has 0 bridgehead atoms. The van der Waals surface area contributed by atoms with Gasteiger partial charge in [-0.15, -0.1) is 0 Å². The van der Waals surface area contributed by atoms with E-state index in [2.05, 4.69) is 24.8 Å². The fraction of sp³-hybridized carbons (Fsp3) is 0.389. The van der Waals surface area contributed by atoms with Gasteiger partial charge in [0.05, 0.1) is 12.4 Å². The second-order valence-electron chi connectivity index (χ2n) is 6.56. The number of nitrogens with one attached hydrogen (secondary N) is 1. The molecule has 3 aromatic rings. The number of halogens is 1. The lowest BCUT2D eigenvalue weighted by atomic mass is 10.1. The van der Waals surface area contributed by atoms with Gasteiger partial charge in [0.15, 0.2) is 17.0 Å². The van der Waals surface area contributed by atoms with Crippen LogP contribution in [0.15, 0.2) is 30.6 Å². The van der Waals surface area contributed by atoms with Gasteiger partial charge in [-0.05, 0) is 49.1 Å². The van der Waals surface area contributed by atoms with E-state index in [1.165, 1.54) is 12.8 Å². The SMILES string of the molecule is CC(Nc1nc(Cl)nc2c1ncn2C1CCCC1)c1ccc(O)cc1. The number of phenolic OH excluding ortho intramolecular Hbond substituents is 1. The molecule has 1 aliphatic carbocycles. The summed E-state index contributed by atoms with van der Waals surface area (Å²) in [7, 11) is 0. The van der Waals surface area contributed by atoms with E-state index >= 15 is 0 Å². The van der Waals surface area contributed by atoms with E-state index in [9.17, 15) is 5.11 Å². The first kappa shape index (κ1) is 16.1. The molecule has 0 radical (unpaired) electrons. The van der Waals surface area contributed by atoms with Crippen molar-refractivity contribution in [3.05, 3.63) is 41.4 Å². The van der Waals surface area contributed by atoms with Gasteiger partial charge in [-0.3, -0.25) is 0 Å². The minimum atomic E-state index is -0.00797. The third-order valence-electron chi connectivity index (χ3n) is 4.86. The van der Waals surface area contributed by atoms with Crippen LogP contribution >= 0.6 is 11.6 Å². The van der Waals surface area contributed by atoms with Gasteiger partial charge in [0.1, 0.15) is 5.75 Å². The second-order valence-corrected chi connectivity index (χ2v) is 6.90. The molecule has 1 aromatic carbocycles. The second kappa shape index (κ2) is 6.52. The molecule has 1 fully saturated rings. The molecule has 1 saturated carbocycles. The highest BCUT2D eigenvalue weighted by atomic mass is 35.5.